The maximum atomic E-state index is 11.1. The van der Waals surface area contributed by atoms with Crippen LogP contribution in [0.3, 0.4) is 0 Å². The second-order valence-corrected chi connectivity index (χ2v) is 4.75. The van der Waals surface area contributed by atoms with Crippen LogP contribution in [0.4, 0.5) is 0 Å². The number of nitrogens with two attached hydrogens (primary N) is 1. The van der Waals surface area contributed by atoms with E-state index in [1.54, 1.807) is 0 Å². The molecule has 0 saturated heterocycles. The van der Waals surface area contributed by atoms with E-state index in [4.69, 9.17) is 10.5 Å². The van der Waals surface area contributed by atoms with Crippen LogP contribution in [0.1, 0.15) is 26.2 Å². The number of carbonyl (C=O) groups is 1. The molecule has 0 aromatic rings. The third-order valence-electron chi connectivity index (χ3n) is 2.40. The number of thioether (sulfide) groups is 1. The predicted molar refractivity (Wildman–Crippen MR) is 54.7 cm³/mol. The lowest BCUT2D eigenvalue weighted by atomic mass is 9.75. The van der Waals surface area contributed by atoms with Gasteiger partial charge in [-0.05, 0) is 26.0 Å². The van der Waals surface area contributed by atoms with Gasteiger partial charge in [0.2, 0.25) is 0 Å². The summed E-state index contributed by atoms with van der Waals surface area (Å²) in [5, 5.41) is 0.638. The molecule has 76 valence electrons. The molecule has 0 aliphatic heterocycles. The maximum absolute atomic E-state index is 11.1. The van der Waals surface area contributed by atoms with Crippen LogP contribution in [0.15, 0.2) is 0 Å². The van der Waals surface area contributed by atoms with Crippen LogP contribution in [-0.4, -0.2) is 29.6 Å². The predicted octanol–water partition coefficient (Wildman–Crippen LogP) is 1.16. The van der Waals surface area contributed by atoms with Crippen LogP contribution in [0.5, 0.6) is 0 Å². The third kappa shape index (κ3) is 2.88. The van der Waals surface area contributed by atoms with Crippen LogP contribution >= 0.6 is 11.8 Å². The van der Waals surface area contributed by atoms with Crippen molar-refractivity contribution in [2.45, 2.75) is 37.0 Å². The highest BCUT2D eigenvalue weighted by Gasteiger charge is 2.42. The Morgan fingerprint density at radius 3 is 2.77 bits per heavy atom. The highest BCUT2D eigenvalue weighted by molar-refractivity contribution is 7.99. The normalized spacial score (nSPS) is 32.4. The van der Waals surface area contributed by atoms with E-state index < -0.39 is 0 Å². The SMILES string of the molecule is CCOC(=O)CC1(N)CC(SC)C1. The molecule has 4 heteroatoms. The summed E-state index contributed by atoms with van der Waals surface area (Å²) in [5.74, 6) is -0.162. The van der Waals surface area contributed by atoms with Crippen molar-refractivity contribution < 1.29 is 9.53 Å². The minimum Gasteiger partial charge on any atom is -0.466 e. The quantitative estimate of drug-likeness (QED) is 0.697. The molecule has 0 radical (unpaired) electrons. The Labute approximate surface area is 83.4 Å². The third-order valence-corrected chi connectivity index (χ3v) is 3.40. The fraction of sp³-hybridized carbons (Fsp3) is 0.889. The number of ether oxygens (including phenoxy) is 1. The molecule has 1 fully saturated rings. The topological polar surface area (TPSA) is 52.3 Å². The van der Waals surface area contributed by atoms with E-state index in [1.165, 1.54) is 0 Å². The van der Waals surface area contributed by atoms with E-state index in [0.29, 0.717) is 18.3 Å². The molecule has 13 heavy (non-hydrogen) atoms. The molecule has 0 unspecified atom stereocenters. The van der Waals surface area contributed by atoms with Gasteiger partial charge in [-0.2, -0.15) is 11.8 Å². The van der Waals surface area contributed by atoms with Crippen molar-refractivity contribution in [1.82, 2.24) is 0 Å². The van der Waals surface area contributed by atoms with Gasteiger partial charge in [-0.3, -0.25) is 4.79 Å². The van der Waals surface area contributed by atoms with Crippen molar-refractivity contribution in [2.75, 3.05) is 12.9 Å². The number of hydrogen-bond donors (Lipinski definition) is 1. The summed E-state index contributed by atoms with van der Waals surface area (Å²) in [7, 11) is 0. The van der Waals surface area contributed by atoms with E-state index in [9.17, 15) is 4.79 Å². The zero-order valence-electron chi connectivity index (χ0n) is 8.21. The van der Waals surface area contributed by atoms with Gasteiger partial charge in [0.1, 0.15) is 0 Å². The van der Waals surface area contributed by atoms with Crippen molar-refractivity contribution >= 4 is 17.7 Å². The van der Waals surface area contributed by atoms with Gasteiger partial charge in [0.05, 0.1) is 13.0 Å². The van der Waals surface area contributed by atoms with Crippen molar-refractivity contribution in [3.63, 3.8) is 0 Å². The zero-order chi connectivity index (χ0) is 9.90. The van der Waals surface area contributed by atoms with E-state index in [0.717, 1.165) is 12.8 Å². The van der Waals surface area contributed by atoms with E-state index >= 15 is 0 Å². The first-order valence-electron chi connectivity index (χ1n) is 4.57. The molecule has 0 spiro atoms. The molecule has 1 aliphatic carbocycles. The molecule has 0 atom stereocenters. The molecule has 3 nitrogen and oxygen atoms in total. The van der Waals surface area contributed by atoms with E-state index in [-0.39, 0.29) is 11.5 Å². The molecule has 0 amide bonds. The number of hydrogen-bond acceptors (Lipinski definition) is 4. The first-order chi connectivity index (χ1) is 6.09. The van der Waals surface area contributed by atoms with Crippen LogP contribution in [0.2, 0.25) is 0 Å². The van der Waals surface area contributed by atoms with Crippen molar-refractivity contribution in [3.8, 4) is 0 Å². The molecule has 0 heterocycles. The second-order valence-electron chi connectivity index (χ2n) is 3.61. The Kier molecular flexibility index (Phi) is 3.62. The summed E-state index contributed by atoms with van der Waals surface area (Å²) in [6.07, 6.45) is 4.33. The van der Waals surface area contributed by atoms with Gasteiger partial charge in [0, 0.05) is 10.8 Å². The van der Waals surface area contributed by atoms with Crippen LogP contribution in [0.25, 0.3) is 0 Å². The van der Waals surface area contributed by atoms with Gasteiger partial charge in [-0.25, -0.2) is 0 Å². The minimum atomic E-state index is -0.278. The summed E-state index contributed by atoms with van der Waals surface area (Å²) in [6.45, 7) is 2.26. The van der Waals surface area contributed by atoms with Crippen LogP contribution < -0.4 is 5.73 Å². The fourth-order valence-corrected chi connectivity index (χ4v) is 2.65. The summed E-state index contributed by atoms with van der Waals surface area (Å²) < 4.78 is 4.86. The summed E-state index contributed by atoms with van der Waals surface area (Å²) in [6, 6.07) is 0. The molecule has 2 N–H and O–H groups in total. The van der Waals surface area contributed by atoms with E-state index in [1.807, 2.05) is 18.7 Å². The number of esters is 1. The average Bonchev–Trinajstić information content (AvgIpc) is 2.00. The molecular formula is C9H17NO2S. The first kappa shape index (κ1) is 10.9. The molecule has 0 aromatic heterocycles. The lowest BCUT2D eigenvalue weighted by molar-refractivity contribution is -0.145. The molecule has 0 aromatic carbocycles. The van der Waals surface area contributed by atoms with Gasteiger partial charge < -0.3 is 10.5 Å². The Hall–Kier alpha value is -0.220. The van der Waals surface area contributed by atoms with Gasteiger partial charge in [-0.15, -0.1) is 0 Å². The van der Waals surface area contributed by atoms with Crippen molar-refractivity contribution in [2.24, 2.45) is 5.73 Å². The number of carbonyl (C=O) groups excluding carboxylic acids is 1. The fourth-order valence-electron chi connectivity index (χ4n) is 1.66. The van der Waals surface area contributed by atoms with Crippen LogP contribution in [0, 0.1) is 0 Å². The number of rotatable bonds is 4. The molecule has 0 bridgehead atoms. The molecule has 1 saturated carbocycles. The lowest BCUT2D eigenvalue weighted by Gasteiger charge is -2.43. The molecular weight excluding hydrogens is 186 g/mol. The Balaban J connectivity index is 2.26. The summed E-state index contributed by atoms with van der Waals surface area (Å²) in [4.78, 5) is 11.1. The average molecular weight is 203 g/mol. The molecule has 1 rings (SSSR count). The van der Waals surface area contributed by atoms with E-state index in [2.05, 4.69) is 6.26 Å². The van der Waals surface area contributed by atoms with Gasteiger partial charge in [-0.1, -0.05) is 0 Å². The summed E-state index contributed by atoms with van der Waals surface area (Å²) >= 11 is 1.82. The lowest BCUT2D eigenvalue weighted by Crippen LogP contribution is -2.54. The molecule has 1 aliphatic rings. The first-order valence-corrected chi connectivity index (χ1v) is 5.86. The highest BCUT2D eigenvalue weighted by Crippen LogP contribution is 2.39. The summed E-state index contributed by atoms with van der Waals surface area (Å²) in [5.41, 5.74) is 5.71. The zero-order valence-corrected chi connectivity index (χ0v) is 9.02. The van der Waals surface area contributed by atoms with Gasteiger partial charge in [0.25, 0.3) is 0 Å². The Morgan fingerprint density at radius 2 is 2.31 bits per heavy atom. The van der Waals surface area contributed by atoms with Crippen LogP contribution in [-0.2, 0) is 9.53 Å². The standard InChI is InChI=1S/C9H17NO2S/c1-3-12-8(11)6-9(10)4-7(5-9)13-2/h7H,3-6,10H2,1-2H3. The minimum absolute atomic E-state index is 0.162. The monoisotopic (exact) mass is 203 g/mol. The Morgan fingerprint density at radius 1 is 1.69 bits per heavy atom. The smallest absolute Gasteiger partial charge is 0.307 e. The Bertz CT molecular complexity index is 190. The van der Waals surface area contributed by atoms with Gasteiger partial charge >= 0.3 is 5.97 Å². The highest BCUT2D eigenvalue weighted by atomic mass is 32.2. The van der Waals surface area contributed by atoms with Crippen molar-refractivity contribution in [1.29, 1.82) is 0 Å². The van der Waals surface area contributed by atoms with Crippen molar-refractivity contribution in [3.05, 3.63) is 0 Å². The second kappa shape index (κ2) is 4.33. The maximum Gasteiger partial charge on any atom is 0.307 e. The largest absolute Gasteiger partial charge is 0.466 e. The van der Waals surface area contributed by atoms with Gasteiger partial charge in [0.15, 0.2) is 0 Å².